The van der Waals surface area contributed by atoms with Gasteiger partial charge in [-0.05, 0) is 66.0 Å². The average Bonchev–Trinajstić information content (AvgIpc) is 2.82. The third-order valence-electron chi connectivity index (χ3n) is 5.01. The molecular formula is C30H21N. The minimum atomic E-state index is 0.859. The van der Waals surface area contributed by atoms with Gasteiger partial charge in [0, 0.05) is 53.0 Å². The number of hydrogen-bond acceptors (Lipinski definition) is 1. The van der Waals surface area contributed by atoms with E-state index in [0.717, 1.165) is 27.8 Å². The molecule has 0 aliphatic heterocycles. The van der Waals surface area contributed by atoms with Crippen LogP contribution in [0.25, 0.3) is 10.8 Å². The van der Waals surface area contributed by atoms with Crippen LogP contribution in [-0.4, -0.2) is 14.1 Å². The Morgan fingerprint density at radius 1 is 0.548 bits per heavy atom. The molecule has 0 amide bonds. The van der Waals surface area contributed by atoms with Crippen LogP contribution < -0.4 is 4.90 Å². The van der Waals surface area contributed by atoms with Gasteiger partial charge in [-0.1, -0.05) is 53.9 Å². The zero-order valence-electron chi connectivity index (χ0n) is 17.6. The second kappa shape index (κ2) is 8.97. The highest BCUT2D eigenvalue weighted by molar-refractivity contribution is 5.97. The van der Waals surface area contributed by atoms with Crippen molar-refractivity contribution in [1.29, 1.82) is 0 Å². The molecule has 0 heterocycles. The van der Waals surface area contributed by atoms with Gasteiger partial charge in [-0.25, -0.2) is 0 Å². The van der Waals surface area contributed by atoms with Gasteiger partial charge in [-0.3, -0.25) is 0 Å². The van der Waals surface area contributed by atoms with Crippen molar-refractivity contribution >= 4 is 16.5 Å². The molecule has 0 bridgehead atoms. The minimum absolute atomic E-state index is 0.859. The molecule has 0 fully saturated rings. The lowest BCUT2D eigenvalue weighted by Gasteiger charge is -2.15. The Bertz CT molecular complexity index is 1390. The predicted octanol–water partition coefficient (Wildman–Crippen LogP) is 5.69. The van der Waals surface area contributed by atoms with Crippen molar-refractivity contribution in [3.05, 3.63) is 113 Å². The van der Waals surface area contributed by atoms with E-state index >= 15 is 0 Å². The molecule has 0 N–H and O–H groups in total. The van der Waals surface area contributed by atoms with Crippen molar-refractivity contribution in [2.24, 2.45) is 0 Å². The maximum atomic E-state index is 5.39. The minimum Gasteiger partial charge on any atom is -0.377 e. The lowest BCUT2D eigenvalue weighted by atomic mass is 10.0. The molecular weight excluding hydrogens is 374 g/mol. The summed E-state index contributed by atoms with van der Waals surface area (Å²) in [7, 11) is 4.12. The zero-order valence-corrected chi connectivity index (χ0v) is 17.6. The first-order chi connectivity index (χ1) is 15.1. The smallest absolute Gasteiger partial charge is 0.0441 e. The van der Waals surface area contributed by atoms with Crippen LogP contribution in [0.2, 0.25) is 0 Å². The van der Waals surface area contributed by atoms with Crippen molar-refractivity contribution in [2.75, 3.05) is 19.0 Å². The molecule has 0 aliphatic rings. The van der Waals surface area contributed by atoms with Crippen LogP contribution in [0.5, 0.6) is 0 Å². The van der Waals surface area contributed by atoms with Gasteiger partial charge in [0.05, 0.1) is 0 Å². The van der Waals surface area contributed by atoms with Crippen LogP contribution in [0.1, 0.15) is 27.8 Å². The number of terminal acetylenes is 1. The topological polar surface area (TPSA) is 3.24 Å². The third-order valence-corrected chi connectivity index (χ3v) is 5.01. The normalized spacial score (nSPS) is 9.71. The number of rotatable bonds is 1. The lowest BCUT2D eigenvalue weighted by Crippen LogP contribution is -2.08. The van der Waals surface area contributed by atoms with Crippen LogP contribution in [0.4, 0.5) is 5.69 Å². The summed E-state index contributed by atoms with van der Waals surface area (Å²) < 4.78 is 0. The summed E-state index contributed by atoms with van der Waals surface area (Å²) in [6.45, 7) is 0. The van der Waals surface area contributed by atoms with Gasteiger partial charge >= 0.3 is 0 Å². The summed E-state index contributed by atoms with van der Waals surface area (Å²) in [6, 6.07) is 28.3. The number of fused-ring (bicyclic) bond motifs is 1. The van der Waals surface area contributed by atoms with Crippen molar-refractivity contribution in [2.45, 2.75) is 0 Å². The predicted molar refractivity (Wildman–Crippen MR) is 131 cm³/mol. The molecule has 0 unspecified atom stereocenters. The van der Waals surface area contributed by atoms with Crippen molar-refractivity contribution in [1.82, 2.24) is 0 Å². The Hall–Kier alpha value is -4.38. The summed E-state index contributed by atoms with van der Waals surface area (Å²) in [5.41, 5.74) is 5.93. The quantitative estimate of drug-likeness (QED) is 0.375. The van der Waals surface area contributed by atoms with Gasteiger partial charge in [0.1, 0.15) is 0 Å². The van der Waals surface area contributed by atoms with Gasteiger partial charge < -0.3 is 4.90 Å². The van der Waals surface area contributed by atoms with Gasteiger partial charge in [0.25, 0.3) is 0 Å². The Labute approximate surface area is 184 Å². The van der Waals surface area contributed by atoms with Crippen molar-refractivity contribution < 1.29 is 0 Å². The number of benzene rings is 4. The van der Waals surface area contributed by atoms with Crippen LogP contribution in [0.3, 0.4) is 0 Å². The van der Waals surface area contributed by atoms with Crippen molar-refractivity contribution in [3.63, 3.8) is 0 Å². The van der Waals surface area contributed by atoms with Gasteiger partial charge in [0.2, 0.25) is 0 Å². The lowest BCUT2D eigenvalue weighted by molar-refractivity contribution is 1.14. The molecule has 1 nitrogen and oxygen atoms in total. The summed E-state index contributed by atoms with van der Waals surface area (Å²) in [5, 5.41) is 2.37. The van der Waals surface area contributed by atoms with Gasteiger partial charge in [-0.2, -0.15) is 0 Å². The first-order valence-electron chi connectivity index (χ1n) is 10.0. The van der Waals surface area contributed by atoms with Crippen LogP contribution in [0, 0.1) is 36.0 Å². The molecule has 0 saturated heterocycles. The number of anilines is 1. The first-order valence-corrected chi connectivity index (χ1v) is 10.0. The van der Waals surface area contributed by atoms with Crippen molar-refractivity contribution in [3.8, 4) is 36.0 Å². The standard InChI is InChI=1S/C30H21N/c1-4-23-11-13-24(14-12-23)15-16-25-17-19-26(20-18-25)21-22-27-7-5-9-29-28(27)8-6-10-30(29)31(2)3/h1,5-14,17-20H,2-3H3. The van der Waals surface area contributed by atoms with E-state index in [0.29, 0.717) is 0 Å². The fourth-order valence-corrected chi connectivity index (χ4v) is 3.36. The van der Waals surface area contributed by atoms with E-state index < -0.39 is 0 Å². The second-order valence-electron chi connectivity index (χ2n) is 7.37. The molecule has 31 heavy (non-hydrogen) atoms. The Morgan fingerprint density at radius 3 is 1.58 bits per heavy atom. The number of nitrogens with zero attached hydrogens (tertiary/aromatic N) is 1. The SMILES string of the molecule is C#Cc1ccc(C#Cc2ccc(C#Cc3cccc4c(N(C)C)cccc34)cc2)cc1. The Kier molecular flexibility index (Phi) is 5.76. The highest BCUT2D eigenvalue weighted by atomic mass is 15.1. The van der Waals surface area contributed by atoms with E-state index in [1.165, 1.54) is 16.5 Å². The van der Waals surface area contributed by atoms with E-state index in [9.17, 15) is 0 Å². The maximum Gasteiger partial charge on any atom is 0.0441 e. The zero-order chi connectivity index (χ0) is 21.6. The molecule has 0 aliphatic carbocycles. The maximum absolute atomic E-state index is 5.39. The number of hydrogen-bond donors (Lipinski definition) is 0. The Balaban J connectivity index is 1.57. The van der Waals surface area contributed by atoms with Gasteiger partial charge in [-0.15, -0.1) is 6.42 Å². The summed E-state index contributed by atoms with van der Waals surface area (Å²) in [5.74, 6) is 15.6. The monoisotopic (exact) mass is 395 g/mol. The molecule has 0 aromatic heterocycles. The fourth-order valence-electron chi connectivity index (χ4n) is 3.36. The first kappa shape index (κ1) is 19.9. The molecule has 0 saturated carbocycles. The molecule has 4 aromatic carbocycles. The van der Waals surface area contributed by atoms with E-state index in [4.69, 9.17) is 6.42 Å². The third kappa shape index (κ3) is 4.62. The van der Waals surface area contributed by atoms with Crippen LogP contribution >= 0.6 is 0 Å². The molecule has 0 atom stereocenters. The Morgan fingerprint density at radius 2 is 1.03 bits per heavy atom. The molecule has 4 rings (SSSR count). The van der Waals surface area contributed by atoms with E-state index in [1.54, 1.807) is 0 Å². The highest BCUT2D eigenvalue weighted by Crippen LogP contribution is 2.27. The summed E-state index contributed by atoms with van der Waals surface area (Å²) >= 11 is 0. The van der Waals surface area contributed by atoms with E-state index in [1.807, 2.05) is 48.5 Å². The summed E-state index contributed by atoms with van der Waals surface area (Å²) in [6.07, 6.45) is 5.39. The molecule has 0 radical (unpaired) electrons. The molecule has 4 aromatic rings. The highest BCUT2D eigenvalue weighted by Gasteiger charge is 2.04. The molecule has 146 valence electrons. The van der Waals surface area contributed by atoms with Crippen LogP contribution in [-0.2, 0) is 0 Å². The van der Waals surface area contributed by atoms with E-state index in [2.05, 4.69) is 85.0 Å². The van der Waals surface area contributed by atoms with Crippen LogP contribution in [0.15, 0.2) is 84.9 Å². The average molecular weight is 396 g/mol. The second-order valence-corrected chi connectivity index (χ2v) is 7.37. The largest absolute Gasteiger partial charge is 0.377 e. The van der Waals surface area contributed by atoms with E-state index in [-0.39, 0.29) is 0 Å². The molecule has 0 spiro atoms. The summed E-state index contributed by atoms with van der Waals surface area (Å²) in [4.78, 5) is 2.13. The molecule has 1 heteroatoms. The van der Waals surface area contributed by atoms with Gasteiger partial charge in [0.15, 0.2) is 0 Å². The fraction of sp³-hybridized carbons (Fsp3) is 0.0667.